The fourth-order valence-corrected chi connectivity index (χ4v) is 4.21. The molecular weight excluding hydrogens is 254 g/mol. The molecule has 1 aromatic rings. The van der Waals surface area contributed by atoms with Gasteiger partial charge in [0.05, 0.1) is 0 Å². The highest BCUT2D eigenvalue weighted by Gasteiger charge is 2.34. The highest BCUT2D eigenvalue weighted by Crippen LogP contribution is 2.42. The van der Waals surface area contributed by atoms with Crippen LogP contribution in [0.5, 0.6) is 0 Å². The van der Waals surface area contributed by atoms with Crippen LogP contribution < -0.4 is 5.32 Å². The van der Waals surface area contributed by atoms with Crippen LogP contribution in [-0.4, -0.2) is 13.1 Å². The quantitative estimate of drug-likeness (QED) is 0.837. The van der Waals surface area contributed by atoms with Crippen molar-refractivity contribution in [2.24, 2.45) is 11.8 Å². The second-order valence-corrected chi connectivity index (χ2v) is 6.72. The molecule has 1 aliphatic heterocycles. The van der Waals surface area contributed by atoms with Crippen molar-refractivity contribution in [1.29, 1.82) is 0 Å². The van der Waals surface area contributed by atoms with Gasteiger partial charge in [0.15, 0.2) is 0 Å². The minimum Gasteiger partial charge on any atom is -0.316 e. The molecule has 1 aromatic carbocycles. The van der Waals surface area contributed by atoms with E-state index < -0.39 is 0 Å². The molecule has 2 unspecified atom stereocenters. The van der Waals surface area contributed by atoms with Crippen LogP contribution in [0.15, 0.2) is 18.2 Å². The van der Waals surface area contributed by atoms with Crippen LogP contribution in [0.1, 0.15) is 49.1 Å². The predicted molar refractivity (Wildman–Crippen MR) is 81.9 cm³/mol. The highest BCUT2D eigenvalue weighted by atomic mass is 35.5. The van der Waals surface area contributed by atoms with Gasteiger partial charge in [0, 0.05) is 5.02 Å². The van der Waals surface area contributed by atoms with Crippen molar-refractivity contribution in [3.8, 4) is 0 Å². The summed E-state index contributed by atoms with van der Waals surface area (Å²) >= 11 is 6.32. The lowest BCUT2D eigenvalue weighted by molar-refractivity contribution is 0.231. The molecule has 2 heteroatoms. The van der Waals surface area contributed by atoms with E-state index in [2.05, 4.69) is 30.4 Å². The summed E-state index contributed by atoms with van der Waals surface area (Å²) in [6.07, 6.45) is 7.00. The first-order valence-electron chi connectivity index (χ1n) is 7.72. The molecule has 1 nitrogen and oxygen atoms in total. The van der Waals surface area contributed by atoms with E-state index in [1.54, 1.807) is 0 Å². The Labute approximate surface area is 121 Å². The van der Waals surface area contributed by atoms with Crippen LogP contribution in [0.3, 0.4) is 0 Å². The van der Waals surface area contributed by atoms with E-state index in [1.807, 2.05) is 0 Å². The SMILES string of the molecule is Cc1ccc(C2CCNCC2C2CCCC2)cc1Cl. The lowest BCUT2D eigenvalue weighted by Crippen LogP contribution is -2.38. The Kier molecular flexibility index (Phi) is 4.14. The van der Waals surface area contributed by atoms with E-state index in [-0.39, 0.29) is 0 Å². The Morgan fingerprint density at radius 2 is 1.95 bits per heavy atom. The Morgan fingerprint density at radius 1 is 1.16 bits per heavy atom. The molecule has 1 aliphatic carbocycles. The summed E-state index contributed by atoms with van der Waals surface area (Å²) in [7, 11) is 0. The van der Waals surface area contributed by atoms with Gasteiger partial charge in [0.2, 0.25) is 0 Å². The van der Waals surface area contributed by atoms with Gasteiger partial charge in [-0.1, -0.05) is 49.4 Å². The molecule has 1 N–H and O–H groups in total. The average molecular weight is 278 g/mol. The van der Waals surface area contributed by atoms with Crippen molar-refractivity contribution in [3.05, 3.63) is 34.3 Å². The molecule has 2 atom stereocenters. The summed E-state index contributed by atoms with van der Waals surface area (Å²) in [6.45, 7) is 4.43. The van der Waals surface area contributed by atoms with Gasteiger partial charge in [0.1, 0.15) is 0 Å². The first kappa shape index (κ1) is 13.5. The van der Waals surface area contributed by atoms with Crippen molar-refractivity contribution in [2.75, 3.05) is 13.1 Å². The van der Waals surface area contributed by atoms with Gasteiger partial charge in [-0.2, -0.15) is 0 Å². The van der Waals surface area contributed by atoms with E-state index in [0.717, 1.165) is 23.4 Å². The van der Waals surface area contributed by atoms with E-state index in [0.29, 0.717) is 5.92 Å². The third-order valence-electron chi connectivity index (χ3n) is 5.16. The molecule has 104 valence electrons. The van der Waals surface area contributed by atoms with Crippen molar-refractivity contribution in [1.82, 2.24) is 5.32 Å². The lowest BCUT2D eigenvalue weighted by atomic mass is 9.73. The van der Waals surface area contributed by atoms with Crippen molar-refractivity contribution >= 4 is 11.6 Å². The normalized spacial score (nSPS) is 28.7. The number of hydrogen-bond donors (Lipinski definition) is 1. The molecule has 1 heterocycles. The zero-order valence-electron chi connectivity index (χ0n) is 11.8. The summed E-state index contributed by atoms with van der Waals surface area (Å²) in [5.74, 6) is 2.45. The number of hydrogen-bond acceptors (Lipinski definition) is 1. The van der Waals surface area contributed by atoms with Gasteiger partial charge in [-0.15, -0.1) is 0 Å². The standard InChI is InChI=1S/C17H24ClN/c1-12-6-7-14(10-17(12)18)15-8-9-19-11-16(15)13-4-2-3-5-13/h6-7,10,13,15-16,19H,2-5,8-9,11H2,1H3. The van der Waals surface area contributed by atoms with E-state index in [1.165, 1.54) is 49.8 Å². The van der Waals surface area contributed by atoms with Gasteiger partial charge < -0.3 is 5.32 Å². The van der Waals surface area contributed by atoms with E-state index in [9.17, 15) is 0 Å². The highest BCUT2D eigenvalue weighted by molar-refractivity contribution is 6.31. The van der Waals surface area contributed by atoms with Crippen molar-refractivity contribution < 1.29 is 0 Å². The summed E-state index contributed by atoms with van der Waals surface area (Å²) in [5.41, 5.74) is 2.66. The maximum atomic E-state index is 6.32. The van der Waals surface area contributed by atoms with E-state index >= 15 is 0 Å². The third-order valence-corrected chi connectivity index (χ3v) is 5.57. The van der Waals surface area contributed by atoms with Crippen LogP contribution >= 0.6 is 11.6 Å². The molecule has 2 fully saturated rings. The lowest BCUT2D eigenvalue weighted by Gasteiger charge is -2.36. The van der Waals surface area contributed by atoms with Crippen molar-refractivity contribution in [2.45, 2.75) is 44.9 Å². The zero-order chi connectivity index (χ0) is 13.2. The molecule has 1 saturated heterocycles. The van der Waals surface area contributed by atoms with Gasteiger partial charge in [-0.05, 0) is 61.4 Å². The fraction of sp³-hybridized carbons (Fsp3) is 0.647. The predicted octanol–water partition coefficient (Wildman–Crippen LogP) is 4.53. The molecule has 0 spiro atoms. The Hall–Kier alpha value is -0.530. The number of rotatable bonds is 2. The molecule has 2 aliphatic rings. The van der Waals surface area contributed by atoms with Gasteiger partial charge in [-0.25, -0.2) is 0 Å². The molecule has 3 rings (SSSR count). The maximum Gasteiger partial charge on any atom is 0.0438 e. The number of halogens is 1. The molecular formula is C17H24ClN. The van der Waals surface area contributed by atoms with Gasteiger partial charge in [0.25, 0.3) is 0 Å². The van der Waals surface area contributed by atoms with Crippen molar-refractivity contribution in [3.63, 3.8) is 0 Å². The second kappa shape index (κ2) is 5.85. The average Bonchev–Trinajstić information content (AvgIpc) is 2.96. The zero-order valence-corrected chi connectivity index (χ0v) is 12.5. The largest absolute Gasteiger partial charge is 0.316 e. The summed E-state index contributed by atoms with van der Waals surface area (Å²) in [4.78, 5) is 0. The van der Waals surface area contributed by atoms with Gasteiger partial charge >= 0.3 is 0 Å². The molecule has 0 bridgehead atoms. The fourth-order valence-electron chi connectivity index (χ4n) is 4.02. The van der Waals surface area contributed by atoms with Gasteiger partial charge in [-0.3, -0.25) is 0 Å². The van der Waals surface area contributed by atoms with Crippen LogP contribution in [0.4, 0.5) is 0 Å². The summed E-state index contributed by atoms with van der Waals surface area (Å²) in [6, 6.07) is 6.71. The number of aryl methyl sites for hydroxylation is 1. The van der Waals surface area contributed by atoms with Crippen LogP contribution in [0.25, 0.3) is 0 Å². The minimum absolute atomic E-state index is 0.711. The molecule has 19 heavy (non-hydrogen) atoms. The molecule has 1 saturated carbocycles. The van der Waals surface area contributed by atoms with Crippen LogP contribution in [-0.2, 0) is 0 Å². The third kappa shape index (κ3) is 2.83. The minimum atomic E-state index is 0.711. The molecule has 0 aromatic heterocycles. The first-order chi connectivity index (χ1) is 9.25. The summed E-state index contributed by atoms with van der Waals surface area (Å²) in [5, 5.41) is 4.54. The Bertz CT molecular complexity index is 437. The van der Waals surface area contributed by atoms with Crippen LogP contribution in [0.2, 0.25) is 5.02 Å². The van der Waals surface area contributed by atoms with E-state index in [4.69, 9.17) is 11.6 Å². The van der Waals surface area contributed by atoms with Crippen LogP contribution in [0, 0.1) is 18.8 Å². The number of nitrogens with one attached hydrogen (secondary N) is 1. The monoisotopic (exact) mass is 277 g/mol. The topological polar surface area (TPSA) is 12.0 Å². The molecule has 0 amide bonds. The first-order valence-corrected chi connectivity index (χ1v) is 8.10. The molecule has 0 radical (unpaired) electrons. The Morgan fingerprint density at radius 3 is 2.68 bits per heavy atom. The Balaban J connectivity index is 1.84. The smallest absolute Gasteiger partial charge is 0.0438 e. The summed E-state index contributed by atoms with van der Waals surface area (Å²) < 4.78 is 0. The second-order valence-electron chi connectivity index (χ2n) is 6.32. The number of benzene rings is 1. The maximum absolute atomic E-state index is 6.32. The number of piperidine rings is 1.